The van der Waals surface area contributed by atoms with Crippen LogP contribution in [0.3, 0.4) is 0 Å². The topological polar surface area (TPSA) is 85.4 Å². The molecule has 0 aliphatic heterocycles. The molecule has 1 aromatic rings. The number of amides is 1. The first-order valence-corrected chi connectivity index (χ1v) is 6.07. The highest BCUT2D eigenvalue weighted by molar-refractivity contribution is 5.92. The van der Waals surface area contributed by atoms with Crippen LogP contribution in [0.4, 0.5) is 5.82 Å². The number of carbonyl (C=O) groups is 1. The van der Waals surface area contributed by atoms with Crippen LogP contribution in [0.1, 0.15) is 17.4 Å². The van der Waals surface area contributed by atoms with Gasteiger partial charge in [0.15, 0.2) is 0 Å². The Morgan fingerprint density at radius 1 is 1.37 bits per heavy atom. The number of aromatic nitrogens is 2. The van der Waals surface area contributed by atoms with E-state index in [2.05, 4.69) is 20.6 Å². The first-order chi connectivity index (χ1) is 9.21. The second-order valence-electron chi connectivity index (χ2n) is 3.84. The van der Waals surface area contributed by atoms with Crippen LogP contribution < -0.4 is 10.6 Å². The van der Waals surface area contributed by atoms with Crippen LogP contribution in [-0.2, 0) is 9.47 Å². The molecule has 106 valence electrons. The fraction of sp³-hybridized carbons (Fsp3) is 0.583. The normalized spacial score (nSPS) is 11.9. The number of rotatable bonds is 8. The molecule has 1 unspecified atom stereocenters. The summed E-state index contributed by atoms with van der Waals surface area (Å²) in [5, 5.41) is 5.73. The second-order valence-corrected chi connectivity index (χ2v) is 3.84. The first kappa shape index (κ1) is 15.3. The van der Waals surface area contributed by atoms with Crippen molar-refractivity contribution in [1.82, 2.24) is 15.3 Å². The van der Waals surface area contributed by atoms with Crippen molar-refractivity contribution >= 4 is 11.7 Å². The van der Waals surface area contributed by atoms with Crippen LogP contribution in [0.5, 0.6) is 0 Å². The van der Waals surface area contributed by atoms with E-state index in [1.54, 1.807) is 14.2 Å². The molecule has 1 amide bonds. The predicted molar refractivity (Wildman–Crippen MR) is 71.2 cm³/mol. The lowest BCUT2D eigenvalue weighted by Crippen LogP contribution is -2.36. The maximum atomic E-state index is 11.8. The van der Waals surface area contributed by atoms with Crippen LogP contribution in [-0.4, -0.2) is 55.9 Å². The van der Waals surface area contributed by atoms with Gasteiger partial charge in [0.1, 0.15) is 11.5 Å². The van der Waals surface area contributed by atoms with E-state index in [9.17, 15) is 4.79 Å². The number of anilines is 1. The lowest BCUT2D eigenvalue weighted by atomic mass is 10.3. The van der Waals surface area contributed by atoms with Crippen molar-refractivity contribution in [2.45, 2.75) is 13.0 Å². The minimum Gasteiger partial charge on any atom is -0.382 e. The van der Waals surface area contributed by atoms with Crippen molar-refractivity contribution in [3.05, 3.63) is 18.1 Å². The molecule has 1 aromatic heterocycles. The van der Waals surface area contributed by atoms with E-state index in [1.807, 2.05) is 6.92 Å². The summed E-state index contributed by atoms with van der Waals surface area (Å²) < 4.78 is 10.1. The van der Waals surface area contributed by atoms with Gasteiger partial charge >= 0.3 is 0 Å². The number of hydrogen-bond donors (Lipinski definition) is 2. The molecular formula is C12H20N4O3. The largest absolute Gasteiger partial charge is 0.382 e. The van der Waals surface area contributed by atoms with Crippen molar-refractivity contribution < 1.29 is 14.3 Å². The summed E-state index contributed by atoms with van der Waals surface area (Å²) in [4.78, 5) is 19.9. The Kier molecular flexibility index (Phi) is 6.76. The van der Waals surface area contributed by atoms with E-state index in [0.29, 0.717) is 19.0 Å². The molecule has 1 atom stereocenters. The van der Waals surface area contributed by atoms with Crippen LogP contribution in [0.25, 0.3) is 0 Å². The van der Waals surface area contributed by atoms with E-state index in [4.69, 9.17) is 9.47 Å². The third kappa shape index (κ3) is 5.19. The van der Waals surface area contributed by atoms with Gasteiger partial charge in [-0.3, -0.25) is 4.79 Å². The summed E-state index contributed by atoms with van der Waals surface area (Å²) >= 11 is 0. The van der Waals surface area contributed by atoms with Gasteiger partial charge in [-0.25, -0.2) is 9.97 Å². The van der Waals surface area contributed by atoms with E-state index in [-0.39, 0.29) is 17.7 Å². The summed E-state index contributed by atoms with van der Waals surface area (Å²) in [7, 11) is 3.15. The van der Waals surface area contributed by atoms with Crippen molar-refractivity contribution in [3.63, 3.8) is 0 Å². The van der Waals surface area contributed by atoms with Gasteiger partial charge < -0.3 is 20.1 Å². The van der Waals surface area contributed by atoms with Gasteiger partial charge in [-0.05, 0) is 6.92 Å². The lowest BCUT2D eigenvalue weighted by molar-refractivity contribution is 0.0285. The summed E-state index contributed by atoms with van der Waals surface area (Å²) in [6.07, 6.45) is 2.79. The van der Waals surface area contributed by atoms with Gasteiger partial charge in [-0.1, -0.05) is 0 Å². The fourth-order valence-electron chi connectivity index (χ4n) is 1.41. The Morgan fingerprint density at radius 3 is 2.68 bits per heavy atom. The molecule has 0 fully saturated rings. The molecule has 2 N–H and O–H groups in total. The molecule has 7 nitrogen and oxygen atoms in total. The Hall–Kier alpha value is -1.73. The number of nitrogens with one attached hydrogen (secondary N) is 2. The third-order valence-corrected chi connectivity index (χ3v) is 2.42. The third-order valence-electron chi connectivity index (χ3n) is 2.42. The molecule has 7 heteroatoms. The zero-order valence-electron chi connectivity index (χ0n) is 11.5. The molecule has 1 heterocycles. The Labute approximate surface area is 112 Å². The van der Waals surface area contributed by atoms with Gasteiger partial charge in [0.05, 0.1) is 25.1 Å². The van der Waals surface area contributed by atoms with E-state index < -0.39 is 0 Å². The van der Waals surface area contributed by atoms with Crippen LogP contribution in [0.15, 0.2) is 12.4 Å². The summed E-state index contributed by atoms with van der Waals surface area (Å²) in [5.74, 6) is 0.363. The van der Waals surface area contributed by atoms with E-state index in [0.717, 1.165) is 6.54 Å². The number of hydrogen-bond acceptors (Lipinski definition) is 6. The predicted octanol–water partition coefficient (Wildman–Crippen LogP) is 0.300. The number of ether oxygens (including phenoxy) is 2. The Bertz CT molecular complexity index is 383. The fourth-order valence-corrected chi connectivity index (χ4v) is 1.41. The molecule has 0 saturated heterocycles. The van der Waals surface area contributed by atoms with Gasteiger partial charge in [0, 0.05) is 27.3 Å². The van der Waals surface area contributed by atoms with Gasteiger partial charge in [0.2, 0.25) is 0 Å². The highest BCUT2D eigenvalue weighted by atomic mass is 16.5. The monoisotopic (exact) mass is 268 g/mol. The molecule has 0 saturated carbocycles. The zero-order chi connectivity index (χ0) is 14.1. The van der Waals surface area contributed by atoms with E-state index >= 15 is 0 Å². The maximum absolute atomic E-state index is 11.8. The lowest BCUT2D eigenvalue weighted by Gasteiger charge is -2.14. The number of nitrogens with zero attached hydrogens (tertiary/aromatic N) is 2. The Morgan fingerprint density at radius 2 is 2.16 bits per heavy atom. The Balaban J connectivity index is 2.48. The quantitative estimate of drug-likeness (QED) is 0.705. The molecular weight excluding hydrogens is 248 g/mol. The van der Waals surface area contributed by atoms with Gasteiger partial charge in [0.25, 0.3) is 5.91 Å². The minimum atomic E-state index is -0.284. The second kappa shape index (κ2) is 8.39. The average molecular weight is 268 g/mol. The summed E-state index contributed by atoms with van der Waals surface area (Å²) in [6.45, 7) is 3.50. The maximum Gasteiger partial charge on any atom is 0.271 e. The SMILES string of the molecule is CCNc1cnc(C(=O)NCC(COC)OC)cn1. The zero-order valence-corrected chi connectivity index (χ0v) is 11.5. The molecule has 0 spiro atoms. The highest BCUT2D eigenvalue weighted by Crippen LogP contribution is 2.00. The standard InChI is InChI=1S/C12H20N4O3/c1-4-13-11-7-14-10(6-15-11)12(17)16-5-9(19-3)8-18-2/h6-7,9H,4-5,8H2,1-3H3,(H,13,15)(H,16,17). The van der Waals surface area contributed by atoms with Crippen molar-refractivity contribution in [2.24, 2.45) is 0 Å². The molecule has 0 radical (unpaired) electrons. The molecule has 0 aliphatic rings. The van der Waals surface area contributed by atoms with Gasteiger partial charge in [-0.2, -0.15) is 0 Å². The molecule has 0 aromatic carbocycles. The summed E-state index contributed by atoms with van der Waals surface area (Å²) in [5.41, 5.74) is 0.272. The van der Waals surface area contributed by atoms with Gasteiger partial charge in [-0.15, -0.1) is 0 Å². The van der Waals surface area contributed by atoms with Crippen molar-refractivity contribution in [2.75, 3.05) is 39.2 Å². The molecule has 0 bridgehead atoms. The van der Waals surface area contributed by atoms with E-state index in [1.165, 1.54) is 12.4 Å². The van der Waals surface area contributed by atoms with Crippen molar-refractivity contribution in [1.29, 1.82) is 0 Å². The molecule has 1 rings (SSSR count). The highest BCUT2D eigenvalue weighted by Gasteiger charge is 2.12. The first-order valence-electron chi connectivity index (χ1n) is 6.07. The number of carbonyl (C=O) groups excluding carboxylic acids is 1. The smallest absolute Gasteiger partial charge is 0.271 e. The molecule has 0 aliphatic carbocycles. The van der Waals surface area contributed by atoms with Crippen LogP contribution >= 0.6 is 0 Å². The number of methoxy groups -OCH3 is 2. The van der Waals surface area contributed by atoms with Crippen molar-refractivity contribution in [3.8, 4) is 0 Å². The summed E-state index contributed by atoms with van der Waals surface area (Å²) in [6, 6.07) is 0. The van der Waals surface area contributed by atoms with Crippen LogP contribution in [0.2, 0.25) is 0 Å². The minimum absolute atomic E-state index is 0.178. The average Bonchev–Trinajstić information content (AvgIpc) is 2.44. The molecule has 19 heavy (non-hydrogen) atoms. The van der Waals surface area contributed by atoms with Crippen LogP contribution in [0, 0.1) is 0 Å².